The molecule has 0 radical (unpaired) electrons. The van der Waals surface area contributed by atoms with E-state index in [-0.39, 0.29) is 17.9 Å². The summed E-state index contributed by atoms with van der Waals surface area (Å²) >= 11 is 0. The molecule has 0 N–H and O–H groups in total. The van der Waals surface area contributed by atoms with Crippen molar-refractivity contribution in [2.75, 3.05) is 31.1 Å². The minimum atomic E-state index is -0.413. The van der Waals surface area contributed by atoms with E-state index in [2.05, 4.69) is 5.10 Å². The molecule has 7 heteroatoms. The Morgan fingerprint density at radius 1 is 1.39 bits per heavy atom. The fourth-order valence-electron chi connectivity index (χ4n) is 4.03. The summed E-state index contributed by atoms with van der Waals surface area (Å²) in [6.07, 6.45) is 6.59. The van der Waals surface area contributed by atoms with Crippen molar-refractivity contribution < 1.29 is 14.3 Å². The Kier molecular flexibility index (Phi) is 3.41. The first kappa shape index (κ1) is 14.7. The maximum Gasteiger partial charge on any atom is 0.251 e. The fourth-order valence-corrected chi connectivity index (χ4v) is 4.03. The van der Waals surface area contributed by atoms with Crippen LogP contribution in [0.25, 0.3) is 0 Å². The Balaban J connectivity index is 1.47. The van der Waals surface area contributed by atoms with E-state index in [0.717, 1.165) is 31.4 Å². The van der Waals surface area contributed by atoms with Crippen LogP contribution in [-0.4, -0.2) is 58.8 Å². The van der Waals surface area contributed by atoms with Gasteiger partial charge in [0.15, 0.2) is 0 Å². The van der Waals surface area contributed by atoms with Crippen molar-refractivity contribution in [3.8, 4) is 0 Å². The van der Waals surface area contributed by atoms with Crippen LogP contribution in [0.1, 0.15) is 25.7 Å². The van der Waals surface area contributed by atoms with Crippen LogP contribution in [0, 0.1) is 5.41 Å². The Morgan fingerprint density at radius 2 is 2.22 bits per heavy atom. The molecule has 7 nitrogen and oxygen atoms in total. The van der Waals surface area contributed by atoms with E-state index in [1.807, 2.05) is 23.0 Å². The Bertz CT molecular complexity index is 637. The van der Waals surface area contributed by atoms with Gasteiger partial charge in [-0.3, -0.25) is 14.3 Å². The maximum absolute atomic E-state index is 12.9. The summed E-state index contributed by atoms with van der Waals surface area (Å²) < 4.78 is 7.20. The number of amides is 2. The van der Waals surface area contributed by atoms with Gasteiger partial charge in [-0.1, -0.05) is 0 Å². The monoisotopic (exact) mass is 318 g/mol. The van der Waals surface area contributed by atoms with Crippen LogP contribution < -0.4 is 4.90 Å². The molecule has 2 amide bonds. The van der Waals surface area contributed by atoms with Gasteiger partial charge in [-0.25, -0.2) is 0 Å². The molecule has 23 heavy (non-hydrogen) atoms. The van der Waals surface area contributed by atoms with Crippen molar-refractivity contribution >= 4 is 17.5 Å². The number of hydrogen-bond acceptors (Lipinski definition) is 4. The summed E-state index contributed by atoms with van der Waals surface area (Å²) in [6, 6.07) is 0. The number of carbonyl (C=O) groups is 2. The highest BCUT2D eigenvalue weighted by Gasteiger charge is 2.52. The number of hydrogen-bond donors (Lipinski definition) is 0. The van der Waals surface area contributed by atoms with Crippen molar-refractivity contribution in [3.05, 3.63) is 12.4 Å². The zero-order chi connectivity index (χ0) is 16.0. The number of aryl methyl sites for hydroxylation is 1. The van der Waals surface area contributed by atoms with Crippen LogP contribution in [-0.2, 0) is 21.4 Å². The van der Waals surface area contributed by atoms with E-state index in [4.69, 9.17) is 4.74 Å². The zero-order valence-electron chi connectivity index (χ0n) is 13.4. The molecule has 1 unspecified atom stereocenters. The van der Waals surface area contributed by atoms with Gasteiger partial charge in [-0.15, -0.1) is 0 Å². The molecule has 3 aliphatic heterocycles. The first-order valence-electron chi connectivity index (χ1n) is 8.30. The second-order valence-electron chi connectivity index (χ2n) is 6.87. The van der Waals surface area contributed by atoms with E-state index >= 15 is 0 Å². The molecule has 124 valence electrons. The predicted molar refractivity (Wildman–Crippen MR) is 82.8 cm³/mol. The summed E-state index contributed by atoms with van der Waals surface area (Å²) in [7, 11) is 1.84. The highest BCUT2D eigenvalue weighted by Crippen LogP contribution is 2.42. The van der Waals surface area contributed by atoms with E-state index in [9.17, 15) is 9.59 Å². The molecule has 4 rings (SSSR count). The van der Waals surface area contributed by atoms with E-state index in [0.29, 0.717) is 26.2 Å². The third-order valence-corrected chi connectivity index (χ3v) is 5.39. The van der Waals surface area contributed by atoms with Gasteiger partial charge in [-0.2, -0.15) is 5.10 Å². The minimum Gasteiger partial charge on any atom is -0.368 e. The molecule has 3 fully saturated rings. The summed E-state index contributed by atoms with van der Waals surface area (Å²) in [5, 5.41) is 4.15. The first-order chi connectivity index (χ1) is 11.1. The SMILES string of the molecule is Cn1cc(N2CCC3(CCN(C(=O)[C@@H]4CCCO4)C3)C2=O)cn1. The van der Waals surface area contributed by atoms with Crippen molar-refractivity contribution in [2.45, 2.75) is 31.8 Å². The molecule has 1 aromatic heterocycles. The van der Waals surface area contributed by atoms with Crippen molar-refractivity contribution in [1.29, 1.82) is 0 Å². The second-order valence-corrected chi connectivity index (χ2v) is 6.87. The van der Waals surface area contributed by atoms with Crippen LogP contribution in [0.5, 0.6) is 0 Å². The number of nitrogens with zero attached hydrogens (tertiary/aromatic N) is 4. The van der Waals surface area contributed by atoms with Crippen molar-refractivity contribution in [1.82, 2.24) is 14.7 Å². The third-order valence-electron chi connectivity index (χ3n) is 5.39. The quantitative estimate of drug-likeness (QED) is 0.799. The van der Waals surface area contributed by atoms with Gasteiger partial charge in [0.25, 0.3) is 5.91 Å². The lowest BCUT2D eigenvalue weighted by Crippen LogP contribution is -2.41. The largest absolute Gasteiger partial charge is 0.368 e. The zero-order valence-corrected chi connectivity index (χ0v) is 13.4. The molecule has 0 saturated carbocycles. The molecule has 1 aromatic rings. The molecular weight excluding hydrogens is 296 g/mol. The van der Waals surface area contributed by atoms with Gasteiger partial charge in [0, 0.05) is 39.5 Å². The lowest BCUT2D eigenvalue weighted by atomic mass is 9.85. The molecule has 4 heterocycles. The number of carbonyl (C=O) groups excluding carboxylic acids is 2. The first-order valence-corrected chi connectivity index (χ1v) is 8.30. The van der Waals surface area contributed by atoms with Crippen LogP contribution >= 0.6 is 0 Å². The Labute approximate surface area is 135 Å². The van der Waals surface area contributed by atoms with E-state index in [1.165, 1.54) is 0 Å². The fraction of sp³-hybridized carbons (Fsp3) is 0.688. The summed E-state index contributed by atoms with van der Waals surface area (Å²) in [5.41, 5.74) is 0.433. The van der Waals surface area contributed by atoms with Gasteiger partial charge in [0.2, 0.25) is 5.91 Å². The Hall–Kier alpha value is -1.89. The average molecular weight is 318 g/mol. The van der Waals surface area contributed by atoms with Crippen LogP contribution in [0.4, 0.5) is 5.69 Å². The number of anilines is 1. The molecule has 3 saturated heterocycles. The van der Waals surface area contributed by atoms with Gasteiger partial charge in [0.1, 0.15) is 6.10 Å². The van der Waals surface area contributed by atoms with Crippen molar-refractivity contribution in [2.24, 2.45) is 12.5 Å². The van der Waals surface area contributed by atoms with Gasteiger partial charge in [0.05, 0.1) is 17.3 Å². The van der Waals surface area contributed by atoms with Gasteiger partial charge in [-0.05, 0) is 25.7 Å². The molecule has 1 spiro atoms. The van der Waals surface area contributed by atoms with Crippen LogP contribution in [0.15, 0.2) is 12.4 Å². The van der Waals surface area contributed by atoms with Gasteiger partial charge >= 0.3 is 0 Å². The summed E-state index contributed by atoms with van der Waals surface area (Å²) in [4.78, 5) is 29.1. The number of ether oxygens (including phenoxy) is 1. The summed E-state index contributed by atoms with van der Waals surface area (Å²) in [5.74, 6) is 0.195. The highest BCUT2D eigenvalue weighted by atomic mass is 16.5. The minimum absolute atomic E-state index is 0.0620. The van der Waals surface area contributed by atoms with Crippen LogP contribution in [0.2, 0.25) is 0 Å². The van der Waals surface area contributed by atoms with Crippen LogP contribution in [0.3, 0.4) is 0 Å². The standard InChI is InChI=1S/C16H22N4O3/c1-18-10-12(9-17-18)20-7-5-16(15(20)22)4-6-19(11-16)14(21)13-3-2-8-23-13/h9-10,13H,2-8,11H2,1H3/t13-,16?/m0/s1. The number of aromatic nitrogens is 2. The third kappa shape index (κ3) is 2.34. The lowest BCUT2D eigenvalue weighted by Gasteiger charge is -2.24. The molecule has 0 bridgehead atoms. The smallest absolute Gasteiger partial charge is 0.251 e. The number of likely N-dealkylation sites (tertiary alicyclic amines) is 1. The van der Waals surface area contributed by atoms with E-state index < -0.39 is 5.41 Å². The lowest BCUT2D eigenvalue weighted by molar-refractivity contribution is -0.140. The molecule has 3 aliphatic rings. The molecule has 2 atom stereocenters. The van der Waals surface area contributed by atoms with Crippen molar-refractivity contribution in [3.63, 3.8) is 0 Å². The number of rotatable bonds is 2. The normalized spacial score (nSPS) is 30.8. The molecule has 0 aromatic carbocycles. The highest BCUT2D eigenvalue weighted by molar-refractivity contribution is 6.00. The van der Waals surface area contributed by atoms with Gasteiger partial charge < -0.3 is 14.5 Å². The predicted octanol–water partition coefficient (Wildman–Crippen LogP) is 0.554. The molecular formula is C16H22N4O3. The second kappa shape index (κ2) is 5.33. The maximum atomic E-state index is 12.9. The summed E-state index contributed by atoms with van der Waals surface area (Å²) in [6.45, 7) is 2.56. The average Bonchev–Trinajstić information content (AvgIpc) is 3.30. The van der Waals surface area contributed by atoms with E-state index in [1.54, 1.807) is 10.9 Å². The topological polar surface area (TPSA) is 67.7 Å². The molecule has 0 aliphatic carbocycles. The Morgan fingerprint density at radius 3 is 2.91 bits per heavy atom.